The van der Waals surface area contributed by atoms with E-state index in [9.17, 15) is 10.2 Å². The molecule has 2 heteroatoms. The van der Waals surface area contributed by atoms with E-state index >= 15 is 0 Å². The van der Waals surface area contributed by atoms with Gasteiger partial charge in [-0.05, 0) is 130 Å². The zero-order valence-corrected chi connectivity index (χ0v) is 20.6. The Hall–Kier alpha value is -0.0800. The fourth-order valence-electron chi connectivity index (χ4n) is 9.23. The first-order valence-corrected chi connectivity index (χ1v) is 13.6. The van der Waals surface area contributed by atoms with Crippen LogP contribution in [0.25, 0.3) is 0 Å². The van der Waals surface area contributed by atoms with Crippen molar-refractivity contribution in [1.82, 2.24) is 0 Å². The molecule has 0 bridgehead atoms. The van der Waals surface area contributed by atoms with Crippen LogP contribution in [0.2, 0.25) is 0 Å². The Bertz CT molecular complexity index is 587. The smallest absolute Gasteiger partial charge is 0.0648 e. The van der Waals surface area contributed by atoms with E-state index in [-0.39, 0.29) is 11.7 Å². The largest absolute Gasteiger partial charge is 0.393 e. The summed E-state index contributed by atoms with van der Waals surface area (Å²) < 4.78 is 0. The molecule has 4 fully saturated rings. The second kappa shape index (κ2) is 8.69. The molecule has 0 spiro atoms. The standard InChI is InChI=1S/C28H50O2/c1-6-28(30)16-14-21-20(17-28)8-9-23-22(21)13-15-27(5)24(10-11-25(23)27)19(4)7-12-26(29)18(2)3/h18-26,29-30H,6-17H2,1-5H3/t19-,20+,21+,22-,23-,24-,25+,26+,27-,28+/m1/s1. The van der Waals surface area contributed by atoms with Gasteiger partial charge in [-0.25, -0.2) is 0 Å². The van der Waals surface area contributed by atoms with Crippen molar-refractivity contribution in [2.75, 3.05) is 0 Å². The van der Waals surface area contributed by atoms with Crippen LogP contribution in [0.5, 0.6) is 0 Å². The fraction of sp³-hybridized carbons (Fsp3) is 1.00. The van der Waals surface area contributed by atoms with Crippen LogP contribution in [0.3, 0.4) is 0 Å². The molecule has 10 atom stereocenters. The first-order chi connectivity index (χ1) is 14.2. The van der Waals surface area contributed by atoms with Crippen LogP contribution in [-0.4, -0.2) is 21.9 Å². The average Bonchev–Trinajstić information content (AvgIpc) is 3.08. The van der Waals surface area contributed by atoms with Crippen molar-refractivity contribution in [2.45, 2.75) is 123 Å². The molecule has 4 aliphatic carbocycles. The lowest BCUT2D eigenvalue weighted by atomic mass is 9.48. The Balaban J connectivity index is 1.42. The maximum absolute atomic E-state index is 10.9. The minimum Gasteiger partial charge on any atom is -0.393 e. The molecule has 0 aromatic carbocycles. The molecule has 2 N–H and O–H groups in total. The predicted octanol–water partition coefficient (Wildman–Crippen LogP) is 6.83. The summed E-state index contributed by atoms with van der Waals surface area (Å²) in [6.45, 7) is 11.6. The molecule has 0 radical (unpaired) electrons. The van der Waals surface area contributed by atoms with Gasteiger partial charge in [-0.2, -0.15) is 0 Å². The first-order valence-electron chi connectivity index (χ1n) is 13.6. The molecular formula is C28H50O2. The van der Waals surface area contributed by atoms with Gasteiger partial charge in [0.05, 0.1) is 11.7 Å². The van der Waals surface area contributed by atoms with Gasteiger partial charge in [0.2, 0.25) is 0 Å². The van der Waals surface area contributed by atoms with Crippen molar-refractivity contribution in [2.24, 2.45) is 52.8 Å². The second-order valence-corrected chi connectivity index (χ2v) is 12.9. The maximum Gasteiger partial charge on any atom is 0.0648 e. The number of fused-ring (bicyclic) bond motifs is 5. The van der Waals surface area contributed by atoms with Crippen LogP contribution >= 0.6 is 0 Å². The van der Waals surface area contributed by atoms with E-state index in [4.69, 9.17) is 0 Å². The van der Waals surface area contributed by atoms with Crippen LogP contribution < -0.4 is 0 Å². The van der Waals surface area contributed by atoms with E-state index in [1.807, 2.05) is 0 Å². The zero-order valence-electron chi connectivity index (χ0n) is 20.6. The molecule has 0 aromatic heterocycles. The highest BCUT2D eigenvalue weighted by Crippen LogP contribution is 2.66. The summed E-state index contributed by atoms with van der Waals surface area (Å²) >= 11 is 0. The molecule has 0 amide bonds. The van der Waals surface area contributed by atoms with Gasteiger partial charge in [0.1, 0.15) is 0 Å². The third kappa shape index (κ3) is 4.02. The predicted molar refractivity (Wildman–Crippen MR) is 125 cm³/mol. The van der Waals surface area contributed by atoms with Crippen LogP contribution in [-0.2, 0) is 0 Å². The highest BCUT2D eigenvalue weighted by atomic mass is 16.3. The van der Waals surface area contributed by atoms with Crippen molar-refractivity contribution >= 4 is 0 Å². The van der Waals surface area contributed by atoms with Crippen molar-refractivity contribution in [3.63, 3.8) is 0 Å². The van der Waals surface area contributed by atoms with Gasteiger partial charge in [-0.1, -0.05) is 34.6 Å². The fourth-order valence-corrected chi connectivity index (χ4v) is 9.23. The molecule has 4 aliphatic rings. The molecule has 2 nitrogen and oxygen atoms in total. The van der Waals surface area contributed by atoms with Gasteiger partial charge < -0.3 is 10.2 Å². The Labute approximate surface area is 186 Å². The van der Waals surface area contributed by atoms with Gasteiger partial charge in [0.15, 0.2) is 0 Å². The summed E-state index contributed by atoms with van der Waals surface area (Å²) in [6, 6.07) is 0. The summed E-state index contributed by atoms with van der Waals surface area (Å²) in [5.41, 5.74) is 0.181. The molecule has 4 rings (SSSR count). The van der Waals surface area contributed by atoms with Gasteiger partial charge in [-0.15, -0.1) is 0 Å². The van der Waals surface area contributed by atoms with Crippen molar-refractivity contribution in [1.29, 1.82) is 0 Å². The summed E-state index contributed by atoms with van der Waals surface area (Å²) in [5, 5.41) is 21.2. The Kier molecular flexibility index (Phi) is 6.69. The highest BCUT2D eigenvalue weighted by Gasteiger charge is 2.58. The quantitative estimate of drug-likeness (QED) is 0.496. The van der Waals surface area contributed by atoms with Gasteiger partial charge in [-0.3, -0.25) is 0 Å². The SMILES string of the molecule is CC[C@]1(O)CC[C@H]2[C@@H](CC[C@@H]3[C@@H]2CC[C@]2(C)[C@@H]([C@H](C)CC[C@H](O)C(C)C)CC[C@@H]32)C1. The Morgan fingerprint density at radius 1 is 0.867 bits per heavy atom. The van der Waals surface area contributed by atoms with Crippen LogP contribution in [0.4, 0.5) is 0 Å². The number of hydrogen-bond donors (Lipinski definition) is 2. The molecule has 0 unspecified atom stereocenters. The maximum atomic E-state index is 10.9. The van der Waals surface area contributed by atoms with Gasteiger partial charge in [0, 0.05) is 0 Å². The van der Waals surface area contributed by atoms with E-state index in [2.05, 4.69) is 34.6 Å². The Morgan fingerprint density at radius 3 is 2.30 bits per heavy atom. The average molecular weight is 419 g/mol. The van der Waals surface area contributed by atoms with E-state index < -0.39 is 0 Å². The van der Waals surface area contributed by atoms with E-state index in [1.165, 1.54) is 51.4 Å². The molecular weight excluding hydrogens is 368 g/mol. The normalized spacial score (nSPS) is 48.0. The number of hydrogen-bond acceptors (Lipinski definition) is 2. The van der Waals surface area contributed by atoms with Crippen molar-refractivity contribution < 1.29 is 10.2 Å². The third-order valence-corrected chi connectivity index (χ3v) is 11.2. The zero-order chi connectivity index (χ0) is 21.7. The van der Waals surface area contributed by atoms with Crippen LogP contribution in [0.15, 0.2) is 0 Å². The molecule has 0 aromatic rings. The third-order valence-electron chi connectivity index (χ3n) is 11.2. The second-order valence-electron chi connectivity index (χ2n) is 12.9. The van der Waals surface area contributed by atoms with E-state index in [0.717, 1.165) is 67.1 Å². The topological polar surface area (TPSA) is 40.5 Å². The first kappa shape index (κ1) is 23.1. The lowest BCUT2D eigenvalue weighted by Crippen LogP contribution is -2.51. The van der Waals surface area contributed by atoms with Crippen LogP contribution in [0.1, 0.15) is 112 Å². The molecule has 4 saturated carbocycles. The summed E-state index contributed by atoms with van der Waals surface area (Å²) in [6.07, 6.45) is 15.0. The summed E-state index contributed by atoms with van der Waals surface area (Å²) in [5.74, 6) is 6.52. The minimum atomic E-state index is -0.356. The summed E-state index contributed by atoms with van der Waals surface area (Å²) in [7, 11) is 0. The number of aliphatic hydroxyl groups excluding tert-OH is 1. The molecule has 0 heterocycles. The number of aliphatic hydroxyl groups is 2. The minimum absolute atomic E-state index is 0.128. The van der Waals surface area contributed by atoms with Crippen LogP contribution in [0, 0.1) is 52.8 Å². The highest BCUT2D eigenvalue weighted by molar-refractivity contribution is 5.07. The molecule has 174 valence electrons. The monoisotopic (exact) mass is 418 g/mol. The molecule has 30 heavy (non-hydrogen) atoms. The summed E-state index contributed by atoms with van der Waals surface area (Å²) in [4.78, 5) is 0. The van der Waals surface area contributed by atoms with E-state index in [0.29, 0.717) is 11.3 Å². The van der Waals surface area contributed by atoms with Gasteiger partial charge >= 0.3 is 0 Å². The lowest BCUT2D eigenvalue weighted by molar-refractivity contribution is -0.109. The molecule has 0 aliphatic heterocycles. The Morgan fingerprint density at radius 2 is 1.60 bits per heavy atom. The number of rotatable bonds is 6. The molecule has 0 saturated heterocycles. The van der Waals surface area contributed by atoms with Gasteiger partial charge in [0.25, 0.3) is 0 Å². The lowest BCUT2D eigenvalue weighted by Gasteiger charge is -2.57. The van der Waals surface area contributed by atoms with E-state index in [1.54, 1.807) is 0 Å². The van der Waals surface area contributed by atoms with Crippen molar-refractivity contribution in [3.05, 3.63) is 0 Å². The van der Waals surface area contributed by atoms with Crippen molar-refractivity contribution in [3.8, 4) is 0 Å².